The van der Waals surface area contributed by atoms with Gasteiger partial charge in [-0.1, -0.05) is 0 Å². The fourth-order valence-corrected chi connectivity index (χ4v) is 2.22. The quantitative estimate of drug-likeness (QED) is 0.774. The second kappa shape index (κ2) is 5.40. The van der Waals surface area contributed by atoms with Crippen molar-refractivity contribution in [3.05, 3.63) is 53.6 Å². The highest BCUT2D eigenvalue weighted by Gasteiger charge is 2.17. The molecule has 0 aliphatic rings. The van der Waals surface area contributed by atoms with E-state index in [4.69, 9.17) is 4.42 Å². The predicted octanol–water partition coefficient (Wildman–Crippen LogP) is 2.58. The number of benzene rings is 1. The van der Waals surface area contributed by atoms with Gasteiger partial charge < -0.3 is 14.7 Å². The number of hydrogen-bond acceptors (Lipinski definition) is 3. The van der Waals surface area contributed by atoms with E-state index >= 15 is 0 Å². The van der Waals surface area contributed by atoms with Gasteiger partial charge in [-0.25, -0.2) is 9.37 Å². The number of rotatable bonds is 4. The van der Waals surface area contributed by atoms with E-state index in [1.165, 1.54) is 18.2 Å². The molecule has 2 aromatic heterocycles. The maximum Gasteiger partial charge on any atom is 0.287 e. The van der Waals surface area contributed by atoms with E-state index in [0.717, 1.165) is 5.69 Å². The lowest BCUT2D eigenvalue weighted by Gasteiger charge is -2.02. The van der Waals surface area contributed by atoms with Gasteiger partial charge in [0, 0.05) is 35.8 Å². The number of nitrogens with zero attached hydrogens (tertiary/aromatic N) is 1. The van der Waals surface area contributed by atoms with Crippen molar-refractivity contribution in [2.75, 3.05) is 6.54 Å². The fourth-order valence-electron chi connectivity index (χ4n) is 2.22. The molecule has 0 unspecified atom stereocenters. The number of carbonyl (C=O) groups excluding carboxylic acids is 1. The van der Waals surface area contributed by atoms with Crippen LogP contribution in [0, 0.1) is 12.7 Å². The maximum absolute atomic E-state index is 13.2. The van der Waals surface area contributed by atoms with Crippen molar-refractivity contribution in [2.45, 2.75) is 13.3 Å². The number of nitrogens with one attached hydrogen (secondary N) is 2. The molecule has 0 atom stereocenters. The molecule has 0 saturated carbocycles. The van der Waals surface area contributed by atoms with Crippen LogP contribution in [-0.4, -0.2) is 22.4 Å². The first kappa shape index (κ1) is 13.4. The highest BCUT2D eigenvalue weighted by Crippen LogP contribution is 2.25. The number of furan rings is 1. The molecule has 0 bridgehead atoms. The maximum atomic E-state index is 13.2. The van der Waals surface area contributed by atoms with Crippen molar-refractivity contribution in [1.82, 2.24) is 15.3 Å². The van der Waals surface area contributed by atoms with Gasteiger partial charge in [-0.15, -0.1) is 0 Å². The summed E-state index contributed by atoms with van der Waals surface area (Å²) in [5.41, 5.74) is 2.09. The molecule has 3 rings (SSSR count). The first-order chi connectivity index (χ1) is 10.1. The summed E-state index contributed by atoms with van der Waals surface area (Å²) < 4.78 is 18.7. The van der Waals surface area contributed by atoms with E-state index in [0.29, 0.717) is 29.5 Å². The lowest BCUT2D eigenvalue weighted by molar-refractivity contribution is 0.0927. The Balaban J connectivity index is 1.73. The number of H-pyrrole nitrogens is 1. The summed E-state index contributed by atoms with van der Waals surface area (Å²) in [5.74, 6) is -0.429. The van der Waals surface area contributed by atoms with E-state index in [-0.39, 0.29) is 17.5 Å². The van der Waals surface area contributed by atoms with Crippen LogP contribution in [0.25, 0.3) is 11.0 Å². The van der Waals surface area contributed by atoms with Gasteiger partial charge in [-0.2, -0.15) is 0 Å². The van der Waals surface area contributed by atoms with Crippen LogP contribution in [0.5, 0.6) is 0 Å². The molecule has 108 valence electrons. The highest BCUT2D eigenvalue weighted by atomic mass is 19.1. The molecule has 5 nitrogen and oxygen atoms in total. The zero-order chi connectivity index (χ0) is 14.8. The summed E-state index contributed by atoms with van der Waals surface area (Å²) in [6.07, 6.45) is 3.95. The van der Waals surface area contributed by atoms with Crippen molar-refractivity contribution >= 4 is 16.9 Å². The summed E-state index contributed by atoms with van der Waals surface area (Å²) in [7, 11) is 0. The second-order valence-corrected chi connectivity index (χ2v) is 4.78. The van der Waals surface area contributed by atoms with Crippen LogP contribution in [0.4, 0.5) is 4.39 Å². The number of halogens is 1. The average Bonchev–Trinajstić information content (AvgIpc) is 3.08. The van der Waals surface area contributed by atoms with Gasteiger partial charge in [0.05, 0.1) is 6.33 Å². The predicted molar refractivity (Wildman–Crippen MR) is 75.5 cm³/mol. The molecule has 1 amide bonds. The SMILES string of the molecule is Cc1c(C(=O)NCCc2cnc[nH]2)oc2ccc(F)cc12. The Morgan fingerprint density at radius 3 is 3.10 bits per heavy atom. The third-order valence-electron chi connectivity index (χ3n) is 3.34. The first-order valence-electron chi connectivity index (χ1n) is 6.59. The number of carbonyl (C=O) groups is 1. The number of amides is 1. The van der Waals surface area contributed by atoms with Gasteiger partial charge >= 0.3 is 0 Å². The lowest BCUT2D eigenvalue weighted by Crippen LogP contribution is -2.25. The lowest BCUT2D eigenvalue weighted by atomic mass is 10.1. The first-order valence-corrected chi connectivity index (χ1v) is 6.59. The van der Waals surface area contributed by atoms with Crippen LogP contribution in [0.3, 0.4) is 0 Å². The molecular formula is C15H14FN3O2. The molecule has 2 N–H and O–H groups in total. The summed E-state index contributed by atoms with van der Waals surface area (Å²) in [6.45, 7) is 2.21. The summed E-state index contributed by atoms with van der Waals surface area (Å²) in [6, 6.07) is 4.21. The zero-order valence-electron chi connectivity index (χ0n) is 11.4. The zero-order valence-corrected chi connectivity index (χ0v) is 11.4. The van der Waals surface area contributed by atoms with Crippen molar-refractivity contribution in [3.63, 3.8) is 0 Å². The molecular weight excluding hydrogens is 273 g/mol. The van der Waals surface area contributed by atoms with Gasteiger partial charge in [0.2, 0.25) is 0 Å². The average molecular weight is 287 g/mol. The molecule has 0 saturated heterocycles. The Bertz CT molecular complexity index is 778. The van der Waals surface area contributed by atoms with E-state index in [1.807, 2.05) is 0 Å². The largest absolute Gasteiger partial charge is 0.451 e. The molecule has 6 heteroatoms. The van der Waals surface area contributed by atoms with Crippen molar-refractivity contribution in [1.29, 1.82) is 0 Å². The van der Waals surface area contributed by atoms with Crippen molar-refractivity contribution in [3.8, 4) is 0 Å². The van der Waals surface area contributed by atoms with Gasteiger partial charge in [-0.05, 0) is 25.1 Å². The molecule has 1 aromatic carbocycles. The third kappa shape index (κ3) is 2.65. The monoisotopic (exact) mass is 287 g/mol. The van der Waals surface area contributed by atoms with Crippen molar-refractivity contribution < 1.29 is 13.6 Å². The molecule has 0 aliphatic carbocycles. The van der Waals surface area contributed by atoms with Gasteiger partial charge in [0.15, 0.2) is 5.76 Å². The normalized spacial score (nSPS) is 11.0. The summed E-state index contributed by atoms with van der Waals surface area (Å²) >= 11 is 0. The summed E-state index contributed by atoms with van der Waals surface area (Å²) in [4.78, 5) is 19.0. The standard InChI is InChI=1S/C15H14FN3O2/c1-9-12-6-10(16)2-3-13(12)21-14(9)15(20)18-5-4-11-7-17-8-19-11/h2-3,6-8H,4-5H2,1H3,(H,17,19)(H,18,20). The van der Waals surface area contributed by atoms with Gasteiger partial charge in [0.1, 0.15) is 11.4 Å². The number of hydrogen-bond donors (Lipinski definition) is 2. The number of aromatic amines is 1. The second-order valence-electron chi connectivity index (χ2n) is 4.78. The number of aromatic nitrogens is 2. The van der Waals surface area contributed by atoms with E-state index < -0.39 is 0 Å². The topological polar surface area (TPSA) is 70.9 Å². The minimum Gasteiger partial charge on any atom is -0.451 e. The van der Waals surface area contributed by atoms with Crippen LogP contribution in [0.1, 0.15) is 21.8 Å². The Labute approximate surface area is 120 Å². The number of imidazole rings is 1. The number of fused-ring (bicyclic) bond motifs is 1. The Morgan fingerprint density at radius 1 is 1.48 bits per heavy atom. The fraction of sp³-hybridized carbons (Fsp3) is 0.200. The van der Waals surface area contributed by atoms with Crippen LogP contribution < -0.4 is 5.32 Å². The van der Waals surface area contributed by atoms with Crippen LogP contribution >= 0.6 is 0 Å². The molecule has 3 aromatic rings. The Kier molecular flexibility index (Phi) is 3.43. The molecule has 2 heterocycles. The van der Waals surface area contributed by atoms with Gasteiger partial charge in [-0.3, -0.25) is 4.79 Å². The third-order valence-corrected chi connectivity index (χ3v) is 3.34. The van der Waals surface area contributed by atoms with Crippen molar-refractivity contribution in [2.24, 2.45) is 0 Å². The van der Waals surface area contributed by atoms with E-state index in [9.17, 15) is 9.18 Å². The molecule has 21 heavy (non-hydrogen) atoms. The van der Waals surface area contributed by atoms with E-state index in [2.05, 4.69) is 15.3 Å². The van der Waals surface area contributed by atoms with E-state index in [1.54, 1.807) is 19.4 Å². The Hall–Kier alpha value is -2.63. The smallest absolute Gasteiger partial charge is 0.287 e. The Morgan fingerprint density at radius 2 is 2.33 bits per heavy atom. The summed E-state index contributed by atoms with van der Waals surface area (Å²) in [5, 5.41) is 3.40. The molecule has 0 fully saturated rings. The highest BCUT2D eigenvalue weighted by molar-refractivity contribution is 5.98. The van der Waals surface area contributed by atoms with Crippen LogP contribution in [0.2, 0.25) is 0 Å². The molecule has 0 aliphatic heterocycles. The minimum absolute atomic E-state index is 0.222. The minimum atomic E-state index is -0.349. The van der Waals surface area contributed by atoms with Gasteiger partial charge in [0.25, 0.3) is 5.91 Å². The number of aryl methyl sites for hydroxylation is 1. The van der Waals surface area contributed by atoms with Crippen LogP contribution in [-0.2, 0) is 6.42 Å². The van der Waals surface area contributed by atoms with Crippen LogP contribution in [0.15, 0.2) is 35.1 Å². The molecule has 0 radical (unpaired) electrons. The molecule has 0 spiro atoms.